The molecule has 0 saturated carbocycles. The number of fused-ring (bicyclic) bond motifs is 1. The molecule has 0 spiro atoms. The van der Waals surface area contributed by atoms with Crippen molar-refractivity contribution in [3.05, 3.63) is 83.9 Å². The molecule has 3 N–H and O–H groups in total. The Hall–Kier alpha value is -4.13. The Morgan fingerprint density at radius 3 is 2.29 bits per heavy atom. The zero-order valence-corrected chi connectivity index (χ0v) is 19.9. The predicted octanol–water partition coefficient (Wildman–Crippen LogP) is 6.49. The lowest BCUT2D eigenvalue weighted by atomic mass is 9.77. The van der Waals surface area contributed by atoms with Crippen LogP contribution < -0.4 is 5.32 Å². The maximum atomic E-state index is 12.9. The van der Waals surface area contributed by atoms with Gasteiger partial charge in [0.1, 0.15) is 11.9 Å². The van der Waals surface area contributed by atoms with Crippen molar-refractivity contribution in [3.63, 3.8) is 0 Å². The van der Waals surface area contributed by atoms with E-state index in [1.807, 2.05) is 32.0 Å². The van der Waals surface area contributed by atoms with Crippen LogP contribution in [0.1, 0.15) is 55.6 Å². The summed E-state index contributed by atoms with van der Waals surface area (Å²) in [6.45, 7) is 5.36. The van der Waals surface area contributed by atoms with Crippen molar-refractivity contribution in [2.75, 3.05) is 5.32 Å². The normalized spacial score (nSPS) is 12.4. The third kappa shape index (κ3) is 6.47. The van der Waals surface area contributed by atoms with Gasteiger partial charge in [-0.15, -0.1) is 0 Å². The molecule has 0 saturated heterocycles. The van der Waals surface area contributed by atoms with E-state index in [0.29, 0.717) is 29.5 Å². The van der Waals surface area contributed by atoms with Crippen LogP contribution >= 0.6 is 0 Å². The first-order valence-electron chi connectivity index (χ1n) is 11.3. The van der Waals surface area contributed by atoms with E-state index in [9.17, 15) is 19.5 Å². The molecule has 3 rings (SSSR count). The maximum Gasteiger partial charge on any atom is 0.412 e. The van der Waals surface area contributed by atoms with Gasteiger partial charge >= 0.3 is 12.1 Å². The highest BCUT2D eigenvalue weighted by Crippen LogP contribution is 2.44. The van der Waals surface area contributed by atoms with Crippen LogP contribution in [0.4, 0.5) is 10.5 Å². The molecule has 0 fully saturated rings. The van der Waals surface area contributed by atoms with Crippen molar-refractivity contribution in [1.82, 2.24) is 0 Å². The molecule has 35 heavy (non-hydrogen) atoms. The van der Waals surface area contributed by atoms with Gasteiger partial charge in [-0.2, -0.15) is 0 Å². The van der Waals surface area contributed by atoms with E-state index in [4.69, 9.17) is 9.84 Å². The standard InChI is InChI=1S/C28H29NO6/c1-18(30)19-11-13-20(14-12-19)29-27(34)35-26(28(2,3)17-7-6-10-25(32)33)23-15-16-24(31)22-9-5-4-8-21(22)23/h4-6,8-16,26,31H,7,17H2,1-3H3,(H,29,34)(H,32,33)/b10-6+/t26-/m1/s1. The summed E-state index contributed by atoms with van der Waals surface area (Å²) in [5.74, 6) is -0.965. The summed E-state index contributed by atoms with van der Waals surface area (Å²) in [6.07, 6.45) is 2.31. The van der Waals surface area contributed by atoms with Gasteiger partial charge in [-0.25, -0.2) is 9.59 Å². The summed E-state index contributed by atoms with van der Waals surface area (Å²) in [4.78, 5) is 35.3. The maximum absolute atomic E-state index is 12.9. The summed E-state index contributed by atoms with van der Waals surface area (Å²) >= 11 is 0. The van der Waals surface area contributed by atoms with E-state index in [1.165, 1.54) is 6.92 Å². The minimum atomic E-state index is -1.02. The summed E-state index contributed by atoms with van der Waals surface area (Å²) in [6, 6.07) is 17.2. The average molecular weight is 476 g/mol. The van der Waals surface area contributed by atoms with Gasteiger partial charge in [0, 0.05) is 33.7 Å². The first kappa shape index (κ1) is 25.5. The second-order valence-electron chi connectivity index (χ2n) is 9.03. The molecule has 1 atom stereocenters. The third-order valence-corrected chi connectivity index (χ3v) is 5.91. The molecule has 7 heteroatoms. The number of phenols is 1. The molecule has 1 amide bonds. The van der Waals surface area contributed by atoms with Gasteiger partial charge in [0.05, 0.1) is 0 Å². The van der Waals surface area contributed by atoms with Gasteiger partial charge in [0.15, 0.2) is 5.78 Å². The molecular weight excluding hydrogens is 446 g/mol. The number of ketones is 1. The number of allylic oxidation sites excluding steroid dienone is 1. The number of carbonyl (C=O) groups excluding carboxylic acids is 2. The van der Waals surface area contributed by atoms with Gasteiger partial charge in [-0.3, -0.25) is 10.1 Å². The van der Waals surface area contributed by atoms with Crippen LogP contribution in [0, 0.1) is 5.41 Å². The van der Waals surface area contributed by atoms with E-state index in [0.717, 1.165) is 17.0 Å². The molecule has 0 aliphatic heterocycles. The number of carboxylic acids is 1. The van der Waals surface area contributed by atoms with E-state index in [-0.39, 0.29) is 11.5 Å². The zero-order valence-electron chi connectivity index (χ0n) is 19.9. The van der Waals surface area contributed by atoms with Gasteiger partial charge in [0.2, 0.25) is 0 Å². The second-order valence-corrected chi connectivity index (χ2v) is 9.03. The van der Waals surface area contributed by atoms with E-state index >= 15 is 0 Å². The molecule has 0 radical (unpaired) electrons. The molecular formula is C28H29NO6. The number of carboxylic acid groups (broad SMARTS) is 1. The average Bonchev–Trinajstić information content (AvgIpc) is 2.81. The number of anilines is 1. The molecule has 7 nitrogen and oxygen atoms in total. The Bertz CT molecular complexity index is 1260. The van der Waals surface area contributed by atoms with E-state index < -0.39 is 23.6 Å². The largest absolute Gasteiger partial charge is 0.507 e. The first-order chi connectivity index (χ1) is 16.6. The van der Waals surface area contributed by atoms with E-state index in [1.54, 1.807) is 48.5 Å². The highest BCUT2D eigenvalue weighted by molar-refractivity contribution is 5.95. The fraction of sp³-hybridized carbons (Fsp3) is 0.250. The fourth-order valence-corrected chi connectivity index (χ4v) is 3.99. The lowest BCUT2D eigenvalue weighted by Gasteiger charge is -2.35. The number of hydrogen-bond acceptors (Lipinski definition) is 5. The number of ether oxygens (including phenoxy) is 1. The Morgan fingerprint density at radius 2 is 1.66 bits per heavy atom. The Morgan fingerprint density at radius 1 is 1.00 bits per heavy atom. The zero-order chi connectivity index (χ0) is 25.6. The number of Topliss-reactive ketones (excluding diaryl/α,β-unsaturated/α-hetero) is 1. The highest BCUT2D eigenvalue weighted by Gasteiger charge is 2.35. The number of carbonyl (C=O) groups is 3. The first-order valence-corrected chi connectivity index (χ1v) is 11.3. The van der Waals surface area contributed by atoms with Gasteiger partial charge in [-0.05, 0) is 55.5 Å². The lowest BCUT2D eigenvalue weighted by molar-refractivity contribution is -0.131. The number of aromatic hydroxyl groups is 1. The number of rotatable bonds is 9. The molecule has 0 bridgehead atoms. The van der Waals surface area contributed by atoms with Gasteiger partial charge in [0.25, 0.3) is 0 Å². The highest BCUT2D eigenvalue weighted by atomic mass is 16.6. The summed E-state index contributed by atoms with van der Waals surface area (Å²) in [5.41, 5.74) is 1.16. The lowest BCUT2D eigenvalue weighted by Crippen LogP contribution is -2.29. The minimum Gasteiger partial charge on any atom is -0.507 e. The molecule has 0 aliphatic rings. The van der Waals surface area contributed by atoms with Crippen molar-refractivity contribution in [1.29, 1.82) is 0 Å². The summed E-state index contributed by atoms with van der Waals surface area (Å²) in [7, 11) is 0. The van der Waals surface area contributed by atoms with Crippen LogP contribution in [0.5, 0.6) is 5.75 Å². The topological polar surface area (TPSA) is 113 Å². The SMILES string of the molecule is CC(=O)c1ccc(NC(=O)O[C@H](c2ccc(O)c3ccccc23)C(C)(C)CC/C=C/C(=O)O)cc1. The summed E-state index contributed by atoms with van der Waals surface area (Å²) in [5, 5.41) is 23.3. The fourth-order valence-electron chi connectivity index (χ4n) is 3.99. The third-order valence-electron chi connectivity index (χ3n) is 5.91. The molecule has 182 valence electrons. The monoisotopic (exact) mass is 475 g/mol. The predicted molar refractivity (Wildman–Crippen MR) is 135 cm³/mol. The number of nitrogens with one attached hydrogen (secondary N) is 1. The van der Waals surface area contributed by atoms with Crippen molar-refractivity contribution in [3.8, 4) is 5.75 Å². The molecule has 0 heterocycles. The van der Waals surface area contributed by atoms with Crippen molar-refractivity contribution < 1.29 is 29.3 Å². The van der Waals surface area contributed by atoms with Crippen molar-refractivity contribution >= 4 is 34.3 Å². The van der Waals surface area contributed by atoms with Gasteiger partial charge in [-0.1, -0.05) is 50.3 Å². The second kappa shape index (κ2) is 10.9. The number of benzene rings is 3. The van der Waals surface area contributed by atoms with Gasteiger partial charge < -0.3 is 14.9 Å². The Labute approximate surface area is 204 Å². The molecule has 0 unspecified atom stereocenters. The van der Waals surface area contributed by atoms with Crippen LogP contribution in [0.25, 0.3) is 10.8 Å². The molecule has 3 aromatic rings. The van der Waals surface area contributed by atoms with Crippen molar-refractivity contribution in [2.45, 2.75) is 39.7 Å². The number of aliphatic carboxylic acids is 1. The number of phenolic OH excluding ortho intramolecular Hbond substituents is 1. The molecule has 0 aromatic heterocycles. The number of amides is 1. The van der Waals surface area contributed by atoms with Crippen LogP contribution in [0.15, 0.2) is 72.8 Å². The Balaban J connectivity index is 1.92. The minimum absolute atomic E-state index is 0.0721. The Kier molecular flexibility index (Phi) is 7.91. The van der Waals surface area contributed by atoms with Crippen LogP contribution in [-0.2, 0) is 9.53 Å². The van der Waals surface area contributed by atoms with Crippen LogP contribution in [-0.4, -0.2) is 28.1 Å². The van der Waals surface area contributed by atoms with Crippen molar-refractivity contribution in [2.24, 2.45) is 5.41 Å². The quantitative estimate of drug-likeness (QED) is 0.241. The molecule has 0 aliphatic carbocycles. The smallest absolute Gasteiger partial charge is 0.412 e. The van der Waals surface area contributed by atoms with Crippen LogP contribution in [0.3, 0.4) is 0 Å². The van der Waals surface area contributed by atoms with E-state index in [2.05, 4.69) is 5.32 Å². The molecule has 3 aromatic carbocycles. The summed E-state index contributed by atoms with van der Waals surface area (Å²) < 4.78 is 5.97. The number of hydrogen-bond donors (Lipinski definition) is 3. The van der Waals surface area contributed by atoms with Crippen LogP contribution in [0.2, 0.25) is 0 Å².